The summed E-state index contributed by atoms with van der Waals surface area (Å²) in [6, 6.07) is 13.5. The number of nitro benzene ring substituents is 1. The van der Waals surface area contributed by atoms with E-state index in [9.17, 15) is 10.1 Å². The van der Waals surface area contributed by atoms with E-state index in [2.05, 4.69) is 39.5 Å². The maximum absolute atomic E-state index is 11.4. The third-order valence-electron chi connectivity index (χ3n) is 4.81. The largest absolute Gasteiger partial charge is 0.372 e. The van der Waals surface area contributed by atoms with Gasteiger partial charge < -0.3 is 5.32 Å². The van der Waals surface area contributed by atoms with Crippen LogP contribution in [-0.4, -0.2) is 4.92 Å². The molecule has 0 radical (unpaired) electrons. The van der Waals surface area contributed by atoms with E-state index < -0.39 is 0 Å². The van der Waals surface area contributed by atoms with Gasteiger partial charge in [0.1, 0.15) is 5.69 Å². The number of fused-ring (bicyclic) bond motifs is 3. The van der Waals surface area contributed by atoms with Crippen LogP contribution in [0.2, 0.25) is 0 Å². The first-order chi connectivity index (χ1) is 11.2. The lowest BCUT2D eigenvalue weighted by Crippen LogP contribution is -2.29. The second-order valence-electron chi connectivity index (χ2n) is 6.00. The van der Waals surface area contributed by atoms with Crippen LogP contribution < -0.4 is 5.32 Å². The van der Waals surface area contributed by atoms with Crippen molar-refractivity contribution in [3.63, 3.8) is 0 Å². The maximum atomic E-state index is 11.4. The van der Waals surface area contributed by atoms with Crippen molar-refractivity contribution < 1.29 is 4.92 Å². The molecule has 1 N–H and O–H groups in total. The van der Waals surface area contributed by atoms with Crippen molar-refractivity contribution in [1.29, 1.82) is 0 Å². The van der Waals surface area contributed by atoms with Crippen LogP contribution in [0.1, 0.15) is 29.5 Å². The van der Waals surface area contributed by atoms with Gasteiger partial charge in [-0.2, -0.15) is 0 Å². The standard InChI is InChI=1S/C18H15BrN2O2/c19-15-9-2-1-5-14(15)17-12-7-3-6-11(12)13-8-4-10-16(21(22)23)18(13)20-17/h1-6,8-12,17,20H,7H2/t11-,12+,17-/m1/s1. The molecule has 0 bridgehead atoms. The lowest BCUT2D eigenvalue weighted by molar-refractivity contribution is -0.384. The Hall–Kier alpha value is -2.14. The minimum atomic E-state index is -0.304. The lowest BCUT2D eigenvalue weighted by atomic mass is 9.77. The molecule has 0 spiro atoms. The number of hydrogen-bond donors (Lipinski definition) is 1. The van der Waals surface area contributed by atoms with Crippen LogP contribution in [0, 0.1) is 16.0 Å². The topological polar surface area (TPSA) is 55.2 Å². The van der Waals surface area contributed by atoms with Crippen LogP contribution in [0.15, 0.2) is 59.1 Å². The molecule has 0 fully saturated rings. The van der Waals surface area contributed by atoms with Gasteiger partial charge in [-0.05, 0) is 29.5 Å². The van der Waals surface area contributed by atoms with E-state index in [0.29, 0.717) is 11.6 Å². The van der Waals surface area contributed by atoms with E-state index in [0.717, 1.165) is 22.0 Å². The molecule has 23 heavy (non-hydrogen) atoms. The van der Waals surface area contributed by atoms with Crippen molar-refractivity contribution in [1.82, 2.24) is 0 Å². The third-order valence-corrected chi connectivity index (χ3v) is 5.53. The summed E-state index contributed by atoms with van der Waals surface area (Å²) in [5.74, 6) is 0.603. The van der Waals surface area contributed by atoms with Crippen LogP contribution in [0.25, 0.3) is 0 Å². The highest BCUT2D eigenvalue weighted by atomic mass is 79.9. The summed E-state index contributed by atoms with van der Waals surface area (Å²) in [7, 11) is 0. The van der Waals surface area contributed by atoms with Crippen molar-refractivity contribution in [3.8, 4) is 0 Å². The molecular weight excluding hydrogens is 356 g/mol. The number of nitrogens with one attached hydrogen (secondary N) is 1. The molecule has 0 saturated heterocycles. The van der Waals surface area contributed by atoms with Gasteiger partial charge in [0.2, 0.25) is 0 Å². The van der Waals surface area contributed by atoms with E-state index in [4.69, 9.17) is 0 Å². The van der Waals surface area contributed by atoms with Crippen molar-refractivity contribution in [2.45, 2.75) is 18.4 Å². The van der Waals surface area contributed by atoms with Crippen LogP contribution in [-0.2, 0) is 0 Å². The summed E-state index contributed by atoms with van der Waals surface area (Å²) in [5, 5.41) is 14.9. The molecule has 1 aliphatic carbocycles. The average molecular weight is 371 g/mol. The van der Waals surface area contributed by atoms with E-state index in [1.165, 1.54) is 0 Å². The van der Waals surface area contributed by atoms with Gasteiger partial charge in [0.25, 0.3) is 5.69 Å². The maximum Gasteiger partial charge on any atom is 0.292 e. The molecule has 2 aliphatic rings. The Balaban J connectivity index is 1.87. The first kappa shape index (κ1) is 14.5. The molecule has 0 amide bonds. The van der Waals surface area contributed by atoms with E-state index in [-0.39, 0.29) is 22.6 Å². The van der Waals surface area contributed by atoms with Crippen molar-refractivity contribution in [2.75, 3.05) is 5.32 Å². The fraction of sp³-hybridized carbons (Fsp3) is 0.222. The molecule has 4 rings (SSSR count). The van der Waals surface area contributed by atoms with Gasteiger partial charge in [-0.25, -0.2) is 0 Å². The van der Waals surface area contributed by atoms with Gasteiger partial charge in [-0.1, -0.05) is 58.4 Å². The number of hydrogen-bond acceptors (Lipinski definition) is 3. The van der Waals surface area contributed by atoms with Crippen molar-refractivity contribution in [2.24, 2.45) is 5.92 Å². The summed E-state index contributed by atoms with van der Waals surface area (Å²) in [6.45, 7) is 0. The minimum Gasteiger partial charge on any atom is -0.372 e. The predicted octanol–water partition coefficient (Wildman–Crippen LogP) is 5.18. The summed E-state index contributed by atoms with van der Waals surface area (Å²) in [6.07, 6.45) is 5.36. The highest BCUT2D eigenvalue weighted by Gasteiger charge is 2.40. The molecule has 0 unspecified atom stereocenters. The van der Waals surface area contributed by atoms with Crippen LogP contribution >= 0.6 is 15.9 Å². The van der Waals surface area contributed by atoms with Crippen molar-refractivity contribution in [3.05, 3.63) is 80.3 Å². The Morgan fingerprint density at radius 2 is 1.91 bits per heavy atom. The minimum absolute atomic E-state index is 0.0548. The molecule has 116 valence electrons. The molecule has 1 aliphatic heterocycles. The Morgan fingerprint density at radius 3 is 2.70 bits per heavy atom. The number of benzene rings is 2. The summed E-state index contributed by atoms with van der Waals surface area (Å²) in [4.78, 5) is 11.1. The van der Waals surface area contributed by atoms with Crippen LogP contribution in [0.4, 0.5) is 11.4 Å². The second kappa shape index (κ2) is 5.49. The van der Waals surface area contributed by atoms with Gasteiger partial charge in [-0.3, -0.25) is 10.1 Å². The normalized spacial score (nSPS) is 24.7. The molecule has 2 aromatic carbocycles. The first-order valence-electron chi connectivity index (χ1n) is 7.61. The molecule has 0 aromatic heterocycles. The fourth-order valence-corrected chi connectivity index (χ4v) is 4.32. The highest BCUT2D eigenvalue weighted by molar-refractivity contribution is 9.10. The van der Waals surface area contributed by atoms with Gasteiger partial charge in [0.05, 0.1) is 11.0 Å². The highest BCUT2D eigenvalue weighted by Crippen LogP contribution is 2.52. The SMILES string of the molecule is O=[N+]([O-])c1cccc2c1N[C@@H](c1ccccc1Br)[C@H]1CC=C[C@@H]21. The number of anilines is 1. The lowest BCUT2D eigenvalue weighted by Gasteiger charge is -2.37. The number of allylic oxidation sites excluding steroid dienone is 2. The molecule has 0 saturated carbocycles. The first-order valence-corrected chi connectivity index (χ1v) is 8.41. The number of nitro groups is 1. The van der Waals surface area contributed by atoms with Gasteiger partial charge in [-0.15, -0.1) is 0 Å². The molecule has 3 atom stereocenters. The number of nitrogens with zero attached hydrogens (tertiary/aromatic N) is 1. The summed E-state index contributed by atoms with van der Waals surface area (Å²) in [5.41, 5.74) is 2.99. The van der Waals surface area contributed by atoms with Gasteiger partial charge in [0.15, 0.2) is 0 Å². The van der Waals surface area contributed by atoms with Gasteiger partial charge in [0, 0.05) is 16.5 Å². The molecule has 5 heteroatoms. The second-order valence-corrected chi connectivity index (χ2v) is 6.85. The Kier molecular flexibility index (Phi) is 3.45. The van der Waals surface area contributed by atoms with Crippen molar-refractivity contribution >= 4 is 27.3 Å². The van der Waals surface area contributed by atoms with Gasteiger partial charge >= 0.3 is 0 Å². The van der Waals surface area contributed by atoms with Crippen LogP contribution in [0.5, 0.6) is 0 Å². The zero-order valence-electron chi connectivity index (χ0n) is 12.3. The number of rotatable bonds is 2. The monoisotopic (exact) mass is 370 g/mol. The predicted molar refractivity (Wildman–Crippen MR) is 93.6 cm³/mol. The summed E-state index contributed by atoms with van der Waals surface area (Å²) >= 11 is 3.62. The van der Waals surface area contributed by atoms with Crippen LogP contribution in [0.3, 0.4) is 0 Å². The zero-order valence-corrected chi connectivity index (χ0v) is 13.9. The quantitative estimate of drug-likeness (QED) is 0.449. The number of halogens is 1. The van der Waals surface area contributed by atoms with E-state index in [1.807, 2.05) is 24.3 Å². The fourth-order valence-electron chi connectivity index (χ4n) is 3.79. The molecule has 2 aromatic rings. The molecule has 1 heterocycles. The molecular formula is C18H15BrN2O2. The number of para-hydroxylation sites is 1. The smallest absolute Gasteiger partial charge is 0.292 e. The third kappa shape index (κ3) is 2.27. The molecule has 4 nitrogen and oxygen atoms in total. The Bertz CT molecular complexity index is 818. The zero-order chi connectivity index (χ0) is 16.0. The van der Waals surface area contributed by atoms with E-state index in [1.54, 1.807) is 12.1 Å². The Labute approximate surface area is 142 Å². The Morgan fingerprint density at radius 1 is 1.13 bits per heavy atom. The van der Waals surface area contributed by atoms with E-state index >= 15 is 0 Å². The average Bonchev–Trinajstić information content (AvgIpc) is 3.04. The summed E-state index contributed by atoms with van der Waals surface area (Å²) < 4.78 is 1.03.